The average molecular weight is 190 g/mol. The Morgan fingerprint density at radius 1 is 1.57 bits per heavy atom. The van der Waals surface area contributed by atoms with Crippen LogP contribution in [0.5, 0.6) is 5.75 Å². The van der Waals surface area contributed by atoms with Crippen LogP contribution >= 0.6 is 0 Å². The Hall–Kier alpha value is -1.53. The van der Waals surface area contributed by atoms with Crippen LogP contribution in [0.25, 0.3) is 0 Å². The molecule has 14 heavy (non-hydrogen) atoms. The van der Waals surface area contributed by atoms with Gasteiger partial charge in [0.1, 0.15) is 5.75 Å². The highest BCUT2D eigenvalue weighted by atomic mass is 16.5. The van der Waals surface area contributed by atoms with Crippen LogP contribution in [0.3, 0.4) is 0 Å². The second kappa shape index (κ2) is 4.64. The van der Waals surface area contributed by atoms with Crippen molar-refractivity contribution in [3.63, 3.8) is 0 Å². The molecule has 1 atom stereocenters. The molecular formula is C11H14N2O. The summed E-state index contributed by atoms with van der Waals surface area (Å²) >= 11 is 0. The largest absolute Gasteiger partial charge is 0.497 e. The minimum atomic E-state index is -0.0736. The molecule has 3 nitrogen and oxygen atoms in total. The average Bonchev–Trinajstić information content (AvgIpc) is 2.27. The molecule has 0 radical (unpaired) electrons. The lowest BCUT2D eigenvalue weighted by Gasteiger charge is -2.11. The Bertz CT molecular complexity index is 355. The van der Waals surface area contributed by atoms with E-state index in [4.69, 9.17) is 15.7 Å². The van der Waals surface area contributed by atoms with Crippen molar-refractivity contribution < 1.29 is 4.74 Å². The molecule has 74 valence electrons. The molecule has 0 aliphatic rings. The number of benzene rings is 1. The predicted octanol–water partition coefficient (Wildman–Crippen LogP) is 1.98. The second-order valence-electron chi connectivity index (χ2n) is 3.08. The van der Waals surface area contributed by atoms with Crippen molar-refractivity contribution in [3.05, 3.63) is 29.3 Å². The number of hydrogen-bond donors (Lipinski definition) is 1. The molecule has 0 saturated carbocycles. The molecule has 0 unspecified atom stereocenters. The fraction of sp³-hybridized carbons (Fsp3) is 0.364. The first-order valence-electron chi connectivity index (χ1n) is 4.56. The van der Waals surface area contributed by atoms with Gasteiger partial charge in [-0.2, -0.15) is 5.26 Å². The molecule has 1 aromatic rings. The number of methoxy groups -OCH3 is 1. The first-order chi connectivity index (χ1) is 6.72. The monoisotopic (exact) mass is 190 g/mol. The predicted molar refractivity (Wildman–Crippen MR) is 54.9 cm³/mol. The maximum absolute atomic E-state index is 8.92. The first kappa shape index (κ1) is 10.6. The van der Waals surface area contributed by atoms with Crippen molar-refractivity contribution >= 4 is 0 Å². The van der Waals surface area contributed by atoms with Crippen LogP contribution in [-0.4, -0.2) is 7.11 Å². The fourth-order valence-electron chi connectivity index (χ4n) is 1.30. The molecular weight excluding hydrogens is 176 g/mol. The van der Waals surface area contributed by atoms with E-state index in [-0.39, 0.29) is 6.04 Å². The van der Waals surface area contributed by atoms with Gasteiger partial charge in [-0.25, -0.2) is 0 Å². The van der Waals surface area contributed by atoms with E-state index in [1.165, 1.54) is 0 Å². The van der Waals surface area contributed by atoms with Crippen LogP contribution in [0.2, 0.25) is 0 Å². The van der Waals surface area contributed by atoms with Gasteiger partial charge in [-0.1, -0.05) is 13.0 Å². The Kier molecular flexibility index (Phi) is 3.49. The van der Waals surface area contributed by atoms with Crippen LogP contribution in [0.4, 0.5) is 0 Å². The number of nitrogens with zero attached hydrogens (tertiary/aromatic N) is 1. The van der Waals surface area contributed by atoms with E-state index in [1.807, 2.05) is 19.1 Å². The Labute approximate surface area is 84.1 Å². The molecule has 0 heterocycles. The molecule has 0 fully saturated rings. The molecule has 0 aliphatic carbocycles. The molecule has 0 spiro atoms. The van der Waals surface area contributed by atoms with Gasteiger partial charge in [0.15, 0.2) is 0 Å². The Morgan fingerprint density at radius 3 is 2.79 bits per heavy atom. The number of nitriles is 1. The SMILES string of the molecule is CC[C@H](N)c1ccc(OC)cc1C#N. The highest BCUT2D eigenvalue weighted by Crippen LogP contribution is 2.22. The van der Waals surface area contributed by atoms with Gasteiger partial charge in [-0.15, -0.1) is 0 Å². The molecule has 0 amide bonds. The summed E-state index contributed by atoms with van der Waals surface area (Å²) in [4.78, 5) is 0. The smallest absolute Gasteiger partial charge is 0.120 e. The van der Waals surface area contributed by atoms with Gasteiger partial charge in [-0.05, 0) is 24.1 Å². The molecule has 0 aromatic heterocycles. The third-order valence-electron chi connectivity index (χ3n) is 2.22. The topological polar surface area (TPSA) is 59.0 Å². The Balaban J connectivity index is 3.13. The van der Waals surface area contributed by atoms with E-state index in [2.05, 4.69) is 6.07 Å². The van der Waals surface area contributed by atoms with Gasteiger partial charge in [-0.3, -0.25) is 0 Å². The van der Waals surface area contributed by atoms with Crippen molar-refractivity contribution in [2.24, 2.45) is 5.73 Å². The minimum Gasteiger partial charge on any atom is -0.497 e. The summed E-state index contributed by atoms with van der Waals surface area (Å²) in [7, 11) is 1.58. The molecule has 3 heteroatoms. The number of ether oxygens (including phenoxy) is 1. The van der Waals surface area contributed by atoms with Gasteiger partial charge in [0.25, 0.3) is 0 Å². The quantitative estimate of drug-likeness (QED) is 0.792. The third-order valence-corrected chi connectivity index (χ3v) is 2.22. The zero-order valence-electron chi connectivity index (χ0n) is 8.45. The van der Waals surface area contributed by atoms with E-state index in [0.717, 1.165) is 12.0 Å². The third kappa shape index (κ3) is 2.04. The lowest BCUT2D eigenvalue weighted by molar-refractivity contribution is 0.414. The maximum Gasteiger partial charge on any atom is 0.120 e. The van der Waals surface area contributed by atoms with Crippen LogP contribution in [0, 0.1) is 11.3 Å². The summed E-state index contributed by atoms with van der Waals surface area (Å²) in [5.74, 6) is 0.689. The normalized spacial score (nSPS) is 11.9. The van der Waals surface area contributed by atoms with Gasteiger partial charge in [0, 0.05) is 6.04 Å². The summed E-state index contributed by atoms with van der Waals surface area (Å²) in [6, 6.07) is 7.44. The van der Waals surface area contributed by atoms with Gasteiger partial charge in [0.05, 0.1) is 18.7 Å². The molecule has 1 rings (SSSR count). The van der Waals surface area contributed by atoms with Gasteiger partial charge < -0.3 is 10.5 Å². The zero-order chi connectivity index (χ0) is 10.6. The van der Waals surface area contributed by atoms with Crippen molar-refractivity contribution in [1.29, 1.82) is 5.26 Å². The van der Waals surface area contributed by atoms with Crippen molar-refractivity contribution in [1.82, 2.24) is 0 Å². The highest BCUT2D eigenvalue weighted by molar-refractivity contribution is 5.44. The molecule has 0 saturated heterocycles. The minimum absolute atomic E-state index is 0.0736. The van der Waals surface area contributed by atoms with Gasteiger partial charge in [0.2, 0.25) is 0 Å². The first-order valence-corrected chi connectivity index (χ1v) is 4.56. The standard InChI is InChI=1S/C11H14N2O/c1-3-11(13)10-5-4-9(14-2)6-8(10)7-12/h4-6,11H,3,13H2,1-2H3/t11-/m0/s1. The molecule has 2 N–H and O–H groups in total. The second-order valence-corrected chi connectivity index (χ2v) is 3.08. The van der Waals surface area contributed by atoms with Crippen LogP contribution in [-0.2, 0) is 0 Å². The summed E-state index contributed by atoms with van der Waals surface area (Å²) < 4.78 is 5.03. The number of hydrogen-bond acceptors (Lipinski definition) is 3. The fourth-order valence-corrected chi connectivity index (χ4v) is 1.30. The lowest BCUT2D eigenvalue weighted by Crippen LogP contribution is -2.10. The highest BCUT2D eigenvalue weighted by Gasteiger charge is 2.09. The molecule has 1 aromatic carbocycles. The summed E-state index contributed by atoms with van der Waals surface area (Å²) in [6.45, 7) is 2.00. The summed E-state index contributed by atoms with van der Waals surface area (Å²) in [5.41, 5.74) is 7.35. The number of rotatable bonds is 3. The zero-order valence-corrected chi connectivity index (χ0v) is 8.45. The van der Waals surface area contributed by atoms with E-state index in [9.17, 15) is 0 Å². The summed E-state index contributed by atoms with van der Waals surface area (Å²) in [5, 5.41) is 8.92. The maximum atomic E-state index is 8.92. The van der Waals surface area contributed by atoms with Gasteiger partial charge >= 0.3 is 0 Å². The lowest BCUT2D eigenvalue weighted by atomic mass is 10.00. The van der Waals surface area contributed by atoms with Crippen molar-refractivity contribution in [2.45, 2.75) is 19.4 Å². The molecule has 0 bridgehead atoms. The Morgan fingerprint density at radius 2 is 2.29 bits per heavy atom. The van der Waals surface area contributed by atoms with Crippen molar-refractivity contribution in [3.8, 4) is 11.8 Å². The van der Waals surface area contributed by atoms with E-state index >= 15 is 0 Å². The number of nitrogens with two attached hydrogens (primary N) is 1. The molecule has 0 aliphatic heterocycles. The van der Waals surface area contributed by atoms with E-state index < -0.39 is 0 Å². The van der Waals surface area contributed by atoms with Crippen LogP contribution in [0.15, 0.2) is 18.2 Å². The van der Waals surface area contributed by atoms with Crippen LogP contribution in [0.1, 0.15) is 30.5 Å². The summed E-state index contributed by atoms with van der Waals surface area (Å²) in [6.07, 6.45) is 0.820. The van der Waals surface area contributed by atoms with E-state index in [0.29, 0.717) is 11.3 Å². The van der Waals surface area contributed by atoms with Crippen molar-refractivity contribution in [2.75, 3.05) is 7.11 Å². The van der Waals surface area contributed by atoms with E-state index in [1.54, 1.807) is 13.2 Å². The van der Waals surface area contributed by atoms with Crippen LogP contribution < -0.4 is 10.5 Å².